The summed E-state index contributed by atoms with van der Waals surface area (Å²) in [5.41, 5.74) is 8.65. The Hall–Kier alpha value is -2.08. The van der Waals surface area contributed by atoms with E-state index in [1.807, 2.05) is 12.1 Å². The topological polar surface area (TPSA) is 87.5 Å². The van der Waals surface area contributed by atoms with Gasteiger partial charge in [-0.1, -0.05) is 30.7 Å². The molecule has 2 fully saturated rings. The van der Waals surface area contributed by atoms with Crippen LogP contribution in [0.5, 0.6) is 0 Å². The molecule has 2 unspecified atom stereocenters. The summed E-state index contributed by atoms with van der Waals surface area (Å²) >= 11 is 0. The third-order valence-electron chi connectivity index (χ3n) is 6.52. The van der Waals surface area contributed by atoms with E-state index in [9.17, 15) is 9.59 Å². The van der Waals surface area contributed by atoms with Gasteiger partial charge in [0.2, 0.25) is 5.91 Å². The number of carbonyl (C=O) groups is 2. The van der Waals surface area contributed by atoms with Crippen LogP contribution in [0.4, 0.5) is 4.79 Å². The summed E-state index contributed by atoms with van der Waals surface area (Å²) in [4.78, 5) is 26.7. The highest BCUT2D eigenvalue weighted by Crippen LogP contribution is 2.39. The van der Waals surface area contributed by atoms with Crippen LogP contribution in [0.1, 0.15) is 43.2 Å². The standard InChI is InChI=1S/C21H30N4O2/c22-18-10-15-6-3-7-16(11-18)20(15)24-19(26)12-23-21(27)25-9-8-14-4-1-2-5-17(14)13-25/h1-2,4-5,15-16,18,20H,3,6-13,22H2,(H,23,27)(H,24,26). The summed E-state index contributed by atoms with van der Waals surface area (Å²) in [6.45, 7) is 1.34. The molecule has 3 amide bonds. The Morgan fingerprint density at radius 1 is 1.11 bits per heavy atom. The molecule has 6 nitrogen and oxygen atoms in total. The molecular formula is C21H30N4O2. The predicted molar refractivity (Wildman–Crippen MR) is 104 cm³/mol. The monoisotopic (exact) mass is 370 g/mol. The van der Waals surface area contributed by atoms with Gasteiger partial charge in [-0.05, 0) is 55.1 Å². The lowest BCUT2D eigenvalue weighted by Gasteiger charge is -2.45. The molecule has 4 rings (SSSR count). The lowest BCUT2D eigenvalue weighted by atomic mass is 9.67. The lowest BCUT2D eigenvalue weighted by Crippen LogP contribution is -2.55. The highest BCUT2D eigenvalue weighted by molar-refractivity contribution is 5.84. The first-order valence-electron chi connectivity index (χ1n) is 10.2. The van der Waals surface area contributed by atoms with Crippen molar-refractivity contribution >= 4 is 11.9 Å². The van der Waals surface area contributed by atoms with Crippen LogP contribution >= 0.6 is 0 Å². The number of hydrogen-bond acceptors (Lipinski definition) is 3. The number of nitrogens with one attached hydrogen (secondary N) is 2. The zero-order valence-corrected chi connectivity index (χ0v) is 15.8. The third kappa shape index (κ3) is 4.10. The summed E-state index contributed by atoms with van der Waals surface area (Å²) in [6, 6.07) is 8.55. The van der Waals surface area contributed by atoms with Gasteiger partial charge in [-0.15, -0.1) is 0 Å². The molecule has 146 valence electrons. The van der Waals surface area contributed by atoms with E-state index in [0.717, 1.165) is 32.1 Å². The second-order valence-electron chi connectivity index (χ2n) is 8.37. The molecule has 0 aromatic heterocycles. The SMILES string of the molecule is NC1CC2CCCC(C1)C2NC(=O)CNC(=O)N1CCc2ccccc2C1. The number of benzene rings is 1. The van der Waals surface area contributed by atoms with Crippen LogP contribution < -0.4 is 16.4 Å². The molecule has 6 heteroatoms. The molecule has 2 atom stereocenters. The Labute approximate surface area is 160 Å². The minimum atomic E-state index is -0.162. The first-order valence-corrected chi connectivity index (χ1v) is 10.2. The third-order valence-corrected chi connectivity index (χ3v) is 6.52. The predicted octanol–water partition coefficient (Wildman–Crippen LogP) is 1.78. The van der Waals surface area contributed by atoms with E-state index in [1.165, 1.54) is 17.5 Å². The van der Waals surface area contributed by atoms with E-state index in [2.05, 4.69) is 22.8 Å². The lowest BCUT2D eigenvalue weighted by molar-refractivity contribution is -0.122. The summed E-state index contributed by atoms with van der Waals surface area (Å²) in [5, 5.41) is 5.98. The number of hydrogen-bond donors (Lipinski definition) is 3. The van der Waals surface area contributed by atoms with Gasteiger partial charge in [0.15, 0.2) is 0 Å². The Morgan fingerprint density at radius 3 is 2.56 bits per heavy atom. The second kappa shape index (κ2) is 7.89. The van der Waals surface area contributed by atoms with Crippen LogP contribution in [0.2, 0.25) is 0 Å². The van der Waals surface area contributed by atoms with Crippen LogP contribution in [0.15, 0.2) is 24.3 Å². The van der Waals surface area contributed by atoms with E-state index in [-0.39, 0.29) is 30.6 Å². The molecule has 0 saturated heterocycles. The fraction of sp³-hybridized carbons (Fsp3) is 0.619. The maximum atomic E-state index is 12.5. The fourth-order valence-electron chi connectivity index (χ4n) is 5.20. The van der Waals surface area contributed by atoms with Gasteiger partial charge in [-0.3, -0.25) is 4.79 Å². The molecule has 2 aliphatic carbocycles. The van der Waals surface area contributed by atoms with Gasteiger partial charge in [0.05, 0.1) is 6.54 Å². The minimum absolute atomic E-state index is 0.0406. The van der Waals surface area contributed by atoms with E-state index in [4.69, 9.17) is 5.73 Å². The highest BCUT2D eigenvalue weighted by Gasteiger charge is 2.39. The van der Waals surface area contributed by atoms with Crippen molar-refractivity contribution in [3.05, 3.63) is 35.4 Å². The molecule has 2 saturated carbocycles. The van der Waals surface area contributed by atoms with Gasteiger partial charge >= 0.3 is 6.03 Å². The average molecular weight is 370 g/mol. The summed E-state index contributed by atoms with van der Waals surface area (Å²) in [5.74, 6) is 0.898. The molecule has 1 heterocycles. The normalized spacial score (nSPS) is 29.6. The molecule has 27 heavy (non-hydrogen) atoms. The molecule has 0 radical (unpaired) electrons. The van der Waals surface area contributed by atoms with Gasteiger partial charge in [0.1, 0.15) is 0 Å². The van der Waals surface area contributed by atoms with Crippen molar-refractivity contribution in [2.45, 2.75) is 57.2 Å². The molecular weight excluding hydrogens is 340 g/mol. The van der Waals surface area contributed by atoms with Crippen molar-refractivity contribution < 1.29 is 9.59 Å². The van der Waals surface area contributed by atoms with Gasteiger partial charge in [0, 0.05) is 25.2 Å². The van der Waals surface area contributed by atoms with Gasteiger partial charge in [0.25, 0.3) is 0 Å². The van der Waals surface area contributed by atoms with Crippen LogP contribution in [-0.4, -0.2) is 42.0 Å². The van der Waals surface area contributed by atoms with E-state index < -0.39 is 0 Å². The minimum Gasteiger partial charge on any atom is -0.351 e. The van der Waals surface area contributed by atoms with E-state index in [0.29, 0.717) is 24.9 Å². The van der Waals surface area contributed by atoms with Crippen molar-refractivity contribution in [1.82, 2.24) is 15.5 Å². The molecule has 1 aromatic carbocycles. The number of nitrogens with two attached hydrogens (primary N) is 1. The summed E-state index contributed by atoms with van der Waals surface area (Å²) in [7, 11) is 0. The number of fused-ring (bicyclic) bond motifs is 3. The summed E-state index contributed by atoms with van der Waals surface area (Å²) in [6.07, 6.45) is 6.40. The van der Waals surface area contributed by atoms with E-state index >= 15 is 0 Å². The van der Waals surface area contributed by atoms with Crippen LogP contribution in [0, 0.1) is 11.8 Å². The maximum absolute atomic E-state index is 12.5. The van der Waals surface area contributed by atoms with Crippen molar-refractivity contribution in [2.75, 3.05) is 13.1 Å². The number of carbonyl (C=O) groups excluding carboxylic acids is 2. The molecule has 1 aromatic rings. The van der Waals surface area contributed by atoms with Crippen LogP contribution in [0.3, 0.4) is 0 Å². The van der Waals surface area contributed by atoms with Gasteiger partial charge in [-0.25, -0.2) is 4.79 Å². The van der Waals surface area contributed by atoms with E-state index in [1.54, 1.807) is 4.90 Å². The van der Waals surface area contributed by atoms with Gasteiger partial charge in [-0.2, -0.15) is 0 Å². The van der Waals surface area contributed by atoms with Crippen molar-refractivity contribution in [2.24, 2.45) is 17.6 Å². The molecule has 0 spiro atoms. The number of rotatable bonds is 3. The smallest absolute Gasteiger partial charge is 0.318 e. The average Bonchev–Trinajstić information content (AvgIpc) is 2.66. The molecule has 2 bridgehead atoms. The second-order valence-corrected chi connectivity index (χ2v) is 8.37. The summed E-state index contributed by atoms with van der Waals surface area (Å²) < 4.78 is 0. The first-order chi connectivity index (χ1) is 13.1. The fourth-order valence-corrected chi connectivity index (χ4v) is 5.20. The van der Waals surface area contributed by atoms with Crippen molar-refractivity contribution in [1.29, 1.82) is 0 Å². The Kier molecular flexibility index (Phi) is 5.34. The number of urea groups is 1. The Morgan fingerprint density at radius 2 is 1.81 bits per heavy atom. The Balaban J connectivity index is 1.26. The van der Waals surface area contributed by atoms with Crippen LogP contribution in [-0.2, 0) is 17.8 Å². The molecule has 3 aliphatic rings. The highest BCUT2D eigenvalue weighted by atomic mass is 16.2. The Bertz CT molecular complexity index is 693. The number of amides is 3. The van der Waals surface area contributed by atoms with Crippen LogP contribution in [0.25, 0.3) is 0 Å². The zero-order chi connectivity index (χ0) is 18.8. The van der Waals surface area contributed by atoms with Crippen molar-refractivity contribution in [3.8, 4) is 0 Å². The number of nitrogens with zero attached hydrogens (tertiary/aromatic N) is 1. The zero-order valence-electron chi connectivity index (χ0n) is 15.8. The molecule has 4 N–H and O–H groups in total. The maximum Gasteiger partial charge on any atom is 0.318 e. The molecule has 1 aliphatic heterocycles. The largest absolute Gasteiger partial charge is 0.351 e. The van der Waals surface area contributed by atoms with Crippen molar-refractivity contribution in [3.63, 3.8) is 0 Å². The quantitative estimate of drug-likeness (QED) is 0.758. The van der Waals surface area contributed by atoms with Gasteiger partial charge < -0.3 is 21.3 Å². The first kappa shape index (κ1) is 18.3.